The molecule has 0 spiro atoms. The van der Waals surface area contributed by atoms with Crippen LogP contribution in [0.15, 0.2) is 59.8 Å². The van der Waals surface area contributed by atoms with Gasteiger partial charge in [-0.05, 0) is 43.3 Å². The molecule has 4 aromatic rings. The molecule has 41 heavy (non-hydrogen) atoms. The van der Waals surface area contributed by atoms with Gasteiger partial charge in [0, 0.05) is 11.3 Å². The standard InChI is InChI=1S/C24H20F4N6O6S/c1-11-18(35)19(36)22(40-11)34-21-16(20(29-10-30-21)31-14-6-4-13(25)5-7-14)17(32-34)12-2-8-15(9-3-12)41(38,39)33-23(37)24(26,27)28/h2-11,18-19,22,35-36H,1H3,(H,33,37)(H,29,30,31)/t11-,18-,19-,22-/m1/s1. The Morgan fingerprint density at radius 2 is 1.68 bits per heavy atom. The van der Waals surface area contributed by atoms with Crippen LogP contribution in [-0.2, 0) is 19.6 Å². The first kappa shape index (κ1) is 28.3. The third-order valence-corrected chi connectivity index (χ3v) is 7.58. The fourth-order valence-corrected chi connectivity index (χ4v) is 5.15. The molecule has 5 rings (SSSR count). The number of benzene rings is 2. The lowest BCUT2D eigenvalue weighted by Gasteiger charge is -2.15. The molecule has 1 aliphatic heterocycles. The van der Waals surface area contributed by atoms with Crippen LogP contribution in [0.5, 0.6) is 0 Å². The van der Waals surface area contributed by atoms with Crippen LogP contribution in [0, 0.1) is 5.82 Å². The summed E-state index contributed by atoms with van der Waals surface area (Å²) >= 11 is 0. The topological polar surface area (TPSA) is 169 Å². The number of aliphatic hydroxyl groups excluding tert-OH is 2. The Kier molecular flexibility index (Phi) is 7.14. The number of ether oxygens (including phenoxy) is 1. The van der Waals surface area contributed by atoms with Gasteiger partial charge in [0.2, 0.25) is 0 Å². The van der Waals surface area contributed by atoms with Crippen molar-refractivity contribution in [1.82, 2.24) is 24.5 Å². The van der Waals surface area contributed by atoms with Gasteiger partial charge < -0.3 is 20.3 Å². The summed E-state index contributed by atoms with van der Waals surface area (Å²) in [7, 11) is -4.86. The molecule has 1 saturated heterocycles. The number of hydrogen-bond acceptors (Lipinski definition) is 10. The van der Waals surface area contributed by atoms with Crippen molar-refractivity contribution >= 4 is 38.5 Å². The molecule has 0 aliphatic carbocycles. The van der Waals surface area contributed by atoms with Crippen molar-refractivity contribution < 1.29 is 45.7 Å². The number of anilines is 2. The highest BCUT2D eigenvalue weighted by atomic mass is 32.2. The van der Waals surface area contributed by atoms with E-state index in [-0.39, 0.29) is 28.1 Å². The molecule has 1 aliphatic rings. The Bertz CT molecular complexity index is 1710. The SMILES string of the molecule is C[C@H]1O[C@@H](n2nc(-c3ccc(S(=O)(=O)NC(=O)C(F)(F)F)cc3)c3c(Nc4ccc(F)cc4)ncnc32)[C@H](O)[C@@H]1O. The summed E-state index contributed by atoms with van der Waals surface area (Å²) in [5.41, 5.74) is 0.957. The number of fused-ring (bicyclic) bond motifs is 1. The lowest BCUT2D eigenvalue weighted by atomic mass is 10.1. The average molecular weight is 597 g/mol. The molecule has 0 bridgehead atoms. The molecule has 0 unspecified atom stereocenters. The van der Waals surface area contributed by atoms with Crippen molar-refractivity contribution in [3.05, 3.63) is 60.7 Å². The molecule has 17 heteroatoms. The number of aliphatic hydroxyl groups is 2. The molecular weight excluding hydrogens is 576 g/mol. The molecule has 4 N–H and O–H groups in total. The molecule has 1 amide bonds. The van der Waals surface area contributed by atoms with Crippen LogP contribution in [0.25, 0.3) is 22.3 Å². The van der Waals surface area contributed by atoms with E-state index < -0.39 is 57.4 Å². The van der Waals surface area contributed by atoms with Crippen molar-refractivity contribution in [2.24, 2.45) is 0 Å². The predicted octanol–water partition coefficient (Wildman–Crippen LogP) is 2.38. The third-order valence-electron chi connectivity index (χ3n) is 6.24. The number of alkyl halides is 3. The minimum absolute atomic E-state index is 0.137. The highest BCUT2D eigenvalue weighted by Gasteiger charge is 2.43. The van der Waals surface area contributed by atoms with E-state index in [4.69, 9.17) is 4.74 Å². The van der Waals surface area contributed by atoms with Gasteiger partial charge in [-0.1, -0.05) is 12.1 Å². The number of rotatable bonds is 6. The first-order valence-electron chi connectivity index (χ1n) is 11.8. The second kappa shape index (κ2) is 10.3. The summed E-state index contributed by atoms with van der Waals surface area (Å²) in [4.78, 5) is 19.0. The molecule has 2 aromatic carbocycles. The normalized spacial score (nSPS) is 21.2. The number of nitrogens with one attached hydrogen (secondary N) is 2. The van der Waals surface area contributed by atoms with Crippen LogP contribution < -0.4 is 10.0 Å². The maximum atomic E-state index is 13.4. The second-order valence-electron chi connectivity index (χ2n) is 9.02. The molecule has 4 atom stereocenters. The summed E-state index contributed by atoms with van der Waals surface area (Å²) < 4.78 is 83.7. The van der Waals surface area contributed by atoms with Crippen molar-refractivity contribution in [1.29, 1.82) is 0 Å². The molecule has 3 heterocycles. The maximum absolute atomic E-state index is 13.4. The Hall–Kier alpha value is -4.19. The fourth-order valence-electron chi connectivity index (χ4n) is 4.18. The molecule has 1 fully saturated rings. The minimum atomic E-state index is -5.41. The third kappa shape index (κ3) is 5.43. The largest absolute Gasteiger partial charge is 0.472 e. The number of aromatic nitrogens is 4. The van der Waals surface area contributed by atoms with Gasteiger partial charge in [0.1, 0.15) is 35.9 Å². The van der Waals surface area contributed by atoms with Crippen LogP contribution in [0.2, 0.25) is 0 Å². The van der Waals surface area contributed by atoms with Gasteiger partial charge in [-0.2, -0.15) is 18.3 Å². The molecule has 216 valence electrons. The van der Waals surface area contributed by atoms with E-state index in [2.05, 4.69) is 20.4 Å². The smallest absolute Gasteiger partial charge is 0.388 e. The van der Waals surface area contributed by atoms with E-state index in [1.54, 1.807) is 6.92 Å². The van der Waals surface area contributed by atoms with Crippen molar-refractivity contribution in [2.45, 2.75) is 42.5 Å². The number of sulfonamides is 1. The van der Waals surface area contributed by atoms with Gasteiger partial charge in [-0.15, -0.1) is 0 Å². The first-order chi connectivity index (χ1) is 19.3. The number of carbonyl (C=O) groups excluding carboxylic acids is 1. The Balaban J connectivity index is 1.60. The maximum Gasteiger partial charge on any atom is 0.472 e. The minimum Gasteiger partial charge on any atom is -0.388 e. The number of amides is 1. The molecule has 12 nitrogen and oxygen atoms in total. The van der Waals surface area contributed by atoms with Crippen molar-refractivity contribution in [3.63, 3.8) is 0 Å². The fraction of sp³-hybridized carbons (Fsp3) is 0.250. The van der Waals surface area contributed by atoms with E-state index in [0.717, 1.165) is 16.9 Å². The zero-order valence-electron chi connectivity index (χ0n) is 20.7. The molecule has 0 saturated carbocycles. The van der Waals surface area contributed by atoms with E-state index in [1.807, 2.05) is 0 Å². The van der Waals surface area contributed by atoms with Gasteiger partial charge in [0.25, 0.3) is 10.0 Å². The lowest BCUT2D eigenvalue weighted by Crippen LogP contribution is -2.40. The average Bonchev–Trinajstić information content (AvgIpc) is 3.43. The first-order valence-corrected chi connectivity index (χ1v) is 13.3. The summed E-state index contributed by atoms with van der Waals surface area (Å²) in [6, 6.07) is 9.73. The van der Waals surface area contributed by atoms with E-state index in [0.29, 0.717) is 5.69 Å². The zero-order valence-corrected chi connectivity index (χ0v) is 21.6. The van der Waals surface area contributed by atoms with Crippen molar-refractivity contribution in [3.8, 4) is 11.3 Å². The molecular formula is C24H20F4N6O6S. The van der Waals surface area contributed by atoms with Gasteiger partial charge in [-0.3, -0.25) is 4.79 Å². The van der Waals surface area contributed by atoms with Gasteiger partial charge in [0.05, 0.1) is 16.4 Å². The summed E-state index contributed by atoms with van der Waals surface area (Å²) in [5.74, 6) is -2.94. The Morgan fingerprint density at radius 1 is 1.02 bits per heavy atom. The highest BCUT2D eigenvalue weighted by Crippen LogP contribution is 2.38. The van der Waals surface area contributed by atoms with Gasteiger partial charge in [-0.25, -0.2) is 32.2 Å². The van der Waals surface area contributed by atoms with Crippen LogP contribution in [0.4, 0.5) is 29.1 Å². The Labute approximate surface area is 228 Å². The number of hydrogen-bond donors (Lipinski definition) is 4. The summed E-state index contributed by atoms with van der Waals surface area (Å²) in [6.07, 6.45) is -8.79. The van der Waals surface area contributed by atoms with Crippen LogP contribution in [0.1, 0.15) is 13.2 Å². The number of carbonyl (C=O) groups is 1. The quantitative estimate of drug-likeness (QED) is 0.243. The Morgan fingerprint density at radius 3 is 2.27 bits per heavy atom. The summed E-state index contributed by atoms with van der Waals surface area (Å²) in [5, 5.41) is 28.6. The molecule has 0 radical (unpaired) electrons. The number of nitrogens with zero attached hydrogens (tertiary/aromatic N) is 4. The van der Waals surface area contributed by atoms with E-state index in [9.17, 15) is 41.0 Å². The molecule has 2 aromatic heterocycles. The lowest BCUT2D eigenvalue weighted by molar-refractivity contribution is -0.171. The van der Waals surface area contributed by atoms with E-state index in [1.165, 1.54) is 47.4 Å². The predicted molar refractivity (Wildman–Crippen MR) is 133 cm³/mol. The van der Waals surface area contributed by atoms with Crippen LogP contribution in [-0.4, -0.2) is 68.8 Å². The highest BCUT2D eigenvalue weighted by molar-refractivity contribution is 7.90. The van der Waals surface area contributed by atoms with Crippen molar-refractivity contribution in [2.75, 3.05) is 5.32 Å². The van der Waals surface area contributed by atoms with Crippen LogP contribution >= 0.6 is 0 Å². The van der Waals surface area contributed by atoms with Gasteiger partial charge >= 0.3 is 12.1 Å². The second-order valence-corrected chi connectivity index (χ2v) is 10.7. The monoisotopic (exact) mass is 596 g/mol. The number of halogens is 4. The van der Waals surface area contributed by atoms with Gasteiger partial charge in [0.15, 0.2) is 11.9 Å². The van der Waals surface area contributed by atoms with E-state index >= 15 is 0 Å². The summed E-state index contributed by atoms with van der Waals surface area (Å²) in [6.45, 7) is 1.55. The zero-order chi connectivity index (χ0) is 29.7. The van der Waals surface area contributed by atoms with Crippen LogP contribution in [0.3, 0.4) is 0 Å².